The minimum atomic E-state index is -1.13. The van der Waals surface area contributed by atoms with Crippen LogP contribution in [0.3, 0.4) is 0 Å². The molecule has 0 aliphatic carbocycles. The number of carbonyl (C=O) groups is 3. The highest BCUT2D eigenvalue weighted by atomic mass is 16.6. The number of aliphatic carboxylic acids is 1. The van der Waals surface area contributed by atoms with Crippen molar-refractivity contribution in [2.45, 2.75) is 199 Å². The first kappa shape index (κ1) is 56.8. The Bertz CT molecular complexity index is 1210. The average Bonchev–Trinajstić information content (AvgIpc) is 3.21. The molecule has 0 aliphatic rings. The summed E-state index contributed by atoms with van der Waals surface area (Å²) >= 11 is 0. The minimum absolute atomic E-state index is 0.0328. The average molecular weight is 840 g/mol. The predicted octanol–water partition coefficient (Wildman–Crippen LogP) is 12.2. The number of likely N-dealkylation sites (N-methyl/N-ethyl adjacent to an activating group) is 1. The number of nitrogens with zero attached hydrogens (tertiary/aromatic N) is 1. The van der Waals surface area contributed by atoms with Crippen LogP contribution in [0.15, 0.2) is 72.9 Å². The van der Waals surface area contributed by atoms with Crippen molar-refractivity contribution in [2.75, 3.05) is 41.0 Å². The third kappa shape index (κ3) is 40.2. The fraction of sp³-hybridized carbons (Fsp3) is 0.712. The van der Waals surface area contributed by atoms with Gasteiger partial charge in [0.2, 0.25) is 0 Å². The lowest BCUT2D eigenvalue weighted by Gasteiger charge is -2.34. The Labute approximate surface area is 368 Å². The van der Waals surface area contributed by atoms with E-state index < -0.39 is 18.1 Å². The van der Waals surface area contributed by atoms with Gasteiger partial charge in [0.15, 0.2) is 6.10 Å². The Morgan fingerprint density at radius 1 is 0.500 bits per heavy atom. The smallest absolute Gasteiger partial charge is 0.306 e. The summed E-state index contributed by atoms with van der Waals surface area (Å²) in [5.74, 6) is -1.76. The molecule has 0 spiro atoms. The molecule has 0 fully saturated rings. The van der Waals surface area contributed by atoms with E-state index in [1.807, 2.05) is 0 Å². The number of carboxylic acids is 1. The first-order chi connectivity index (χ1) is 29.1. The van der Waals surface area contributed by atoms with E-state index >= 15 is 0 Å². The van der Waals surface area contributed by atoms with E-state index in [4.69, 9.17) is 14.2 Å². The molecule has 0 N–H and O–H groups in total. The zero-order valence-electron chi connectivity index (χ0n) is 39.1. The molecule has 8 nitrogen and oxygen atoms in total. The Morgan fingerprint density at radius 3 is 1.30 bits per heavy atom. The molecule has 0 rings (SSSR count). The van der Waals surface area contributed by atoms with E-state index in [2.05, 4.69) is 86.8 Å². The summed E-state index contributed by atoms with van der Waals surface area (Å²) in [6.45, 7) is 4.43. The van der Waals surface area contributed by atoms with E-state index in [0.717, 1.165) is 89.9 Å². The van der Waals surface area contributed by atoms with Gasteiger partial charge in [-0.2, -0.15) is 0 Å². The SMILES string of the molecule is CC/C=C/C/C=C/C/C=C/C/C=C/CCCCCCCCCCCC(=O)OC(COCCC(C(=O)[O-])[N+](C)(C)C)COC(=O)CCCCCCCCC/C=C/C/C=C/CC. The van der Waals surface area contributed by atoms with Crippen LogP contribution in [-0.2, 0) is 28.6 Å². The summed E-state index contributed by atoms with van der Waals surface area (Å²) in [6, 6.07) is -0.731. The Kier molecular flexibility index (Phi) is 40.2. The van der Waals surface area contributed by atoms with Gasteiger partial charge in [0.1, 0.15) is 12.6 Å². The number of allylic oxidation sites excluding steroid dienone is 12. The highest BCUT2D eigenvalue weighted by Crippen LogP contribution is 2.14. The van der Waals surface area contributed by atoms with Crippen LogP contribution in [0.4, 0.5) is 0 Å². The van der Waals surface area contributed by atoms with Gasteiger partial charge in [-0.1, -0.05) is 164 Å². The first-order valence-corrected chi connectivity index (χ1v) is 24.0. The summed E-state index contributed by atoms with van der Waals surface area (Å²) in [5, 5.41) is 11.6. The van der Waals surface area contributed by atoms with Crippen molar-refractivity contribution < 1.29 is 38.2 Å². The fourth-order valence-electron chi connectivity index (χ4n) is 6.69. The molecule has 0 saturated carbocycles. The second-order valence-electron chi connectivity index (χ2n) is 16.9. The second kappa shape index (κ2) is 42.5. The summed E-state index contributed by atoms with van der Waals surface area (Å²) in [7, 11) is 5.40. The number of esters is 2. The number of carboxylic acid groups (broad SMARTS) is 1. The number of rotatable bonds is 42. The van der Waals surface area contributed by atoms with Crippen LogP contribution in [0.5, 0.6) is 0 Å². The molecular weight excluding hydrogens is 751 g/mol. The quantitative estimate of drug-likeness (QED) is 0.0261. The number of unbranched alkanes of at least 4 members (excludes halogenated alkanes) is 16. The van der Waals surface area contributed by atoms with Crippen molar-refractivity contribution in [2.24, 2.45) is 0 Å². The van der Waals surface area contributed by atoms with Gasteiger partial charge in [0, 0.05) is 19.3 Å². The molecule has 0 bridgehead atoms. The lowest BCUT2D eigenvalue weighted by atomic mass is 10.1. The molecule has 0 radical (unpaired) electrons. The lowest BCUT2D eigenvalue weighted by molar-refractivity contribution is -0.889. The number of carbonyl (C=O) groups excluding carboxylic acids is 3. The highest BCUT2D eigenvalue weighted by molar-refractivity contribution is 5.70. The van der Waals surface area contributed by atoms with E-state index in [1.165, 1.54) is 64.2 Å². The normalized spacial score (nSPS) is 13.6. The van der Waals surface area contributed by atoms with Crippen molar-refractivity contribution in [1.82, 2.24) is 0 Å². The van der Waals surface area contributed by atoms with Gasteiger partial charge in [0.25, 0.3) is 0 Å². The van der Waals surface area contributed by atoms with Gasteiger partial charge in [-0.3, -0.25) is 9.59 Å². The van der Waals surface area contributed by atoms with Gasteiger partial charge in [-0.25, -0.2) is 0 Å². The first-order valence-electron chi connectivity index (χ1n) is 24.0. The second-order valence-corrected chi connectivity index (χ2v) is 16.9. The monoisotopic (exact) mass is 840 g/mol. The zero-order chi connectivity index (χ0) is 44.2. The molecule has 344 valence electrons. The van der Waals surface area contributed by atoms with E-state index in [1.54, 1.807) is 21.1 Å². The maximum Gasteiger partial charge on any atom is 0.306 e. The summed E-state index contributed by atoms with van der Waals surface area (Å²) in [6.07, 6.45) is 53.5. The van der Waals surface area contributed by atoms with Crippen molar-refractivity contribution in [3.63, 3.8) is 0 Å². The molecule has 2 atom stereocenters. The van der Waals surface area contributed by atoms with Crippen LogP contribution < -0.4 is 5.11 Å². The van der Waals surface area contributed by atoms with Crippen LogP contribution in [-0.4, -0.2) is 75.5 Å². The minimum Gasteiger partial charge on any atom is -0.544 e. The van der Waals surface area contributed by atoms with Crippen LogP contribution in [0.25, 0.3) is 0 Å². The van der Waals surface area contributed by atoms with Gasteiger partial charge in [-0.15, -0.1) is 0 Å². The topological polar surface area (TPSA) is 102 Å². The Balaban J connectivity index is 4.29. The van der Waals surface area contributed by atoms with Crippen molar-refractivity contribution >= 4 is 17.9 Å². The molecule has 0 aromatic heterocycles. The Morgan fingerprint density at radius 2 is 0.883 bits per heavy atom. The van der Waals surface area contributed by atoms with Gasteiger partial charge in [0.05, 0.1) is 40.3 Å². The van der Waals surface area contributed by atoms with Crippen LogP contribution >= 0.6 is 0 Å². The highest BCUT2D eigenvalue weighted by Gasteiger charge is 2.25. The van der Waals surface area contributed by atoms with Crippen LogP contribution in [0.1, 0.15) is 187 Å². The molecule has 0 aliphatic heterocycles. The van der Waals surface area contributed by atoms with Crippen LogP contribution in [0, 0.1) is 0 Å². The molecule has 0 aromatic rings. The summed E-state index contributed by atoms with van der Waals surface area (Å²) in [4.78, 5) is 36.9. The lowest BCUT2D eigenvalue weighted by Crippen LogP contribution is -2.55. The molecule has 0 saturated heterocycles. The van der Waals surface area contributed by atoms with Gasteiger partial charge >= 0.3 is 11.9 Å². The largest absolute Gasteiger partial charge is 0.544 e. The molecule has 8 heteroatoms. The Hall–Kier alpha value is -3.23. The standard InChI is InChI=1S/C52H89NO7/c1-6-8-10-12-14-16-18-20-22-23-24-25-26-27-28-29-31-33-35-37-39-41-43-51(55)60-48(46-58-45-44-49(52(56)57)53(3,4)5)47-59-50(54)42-40-38-36-34-32-30-21-19-17-15-13-11-9-7-2/h8-11,14-17,20,22,24-25,48-49H,6-7,12-13,18-19,21,23,26-47H2,1-5H3/b10-8+,11-9+,16-14+,17-15+,22-20+,25-24+. The predicted molar refractivity (Wildman–Crippen MR) is 249 cm³/mol. The number of ether oxygens (including phenoxy) is 3. The summed E-state index contributed by atoms with van der Waals surface area (Å²) in [5.41, 5.74) is 0. The van der Waals surface area contributed by atoms with E-state index in [-0.39, 0.29) is 42.7 Å². The van der Waals surface area contributed by atoms with Crippen molar-refractivity contribution in [1.29, 1.82) is 0 Å². The fourth-order valence-corrected chi connectivity index (χ4v) is 6.69. The third-order valence-electron chi connectivity index (χ3n) is 10.3. The number of hydrogen-bond donors (Lipinski definition) is 0. The number of quaternary nitrogens is 1. The van der Waals surface area contributed by atoms with E-state index in [9.17, 15) is 19.5 Å². The molecule has 0 heterocycles. The van der Waals surface area contributed by atoms with E-state index in [0.29, 0.717) is 12.8 Å². The molecule has 0 amide bonds. The van der Waals surface area contributed by atoms with Gasteiger partial charge in [-0.05, 0) is 77.0 Å². The molecule has 2 unspecified atom stereocenters. The summed E-state index contributed by atoms with van der Waals surface area (Å²) < 4.78 is 17.2. The maximum absolute atomic E-state index is 12.8. The number of hydrogen-bond acceptors (Lipinski definition) is 7. The molecule has 0 aromatic carbocycles. The van der Waals surface area contributed by atoms with Gasteiger partial charge < -0.3 is 28.6 Å². The van der Waals surface area contributed by atoms with Crippen LogP contribution in [0.2, 0.25) is 0 Å². The van der Waals surface area contributed by atoms with Crippen molar-refractivity contribution in [3.05, 3.63) is 72.9 Å². The zero-order valence-corrected chi connectivity index (χ0v) is 39.1. The maximum atomic E-state index is 12.8. The third-order valence-corrected chi connectivity index (χ3v) is 10.3. The molecular formula is C52H89NO7. The molecule has 60 heavy (non-hydrogen) atoms. The van der Waals surface area contributed by atoms with Crippen molar-refractivity contribution in [3.8, 4) is 0 Å².